The van der Waals surface area contributed by atoms with Crippen LogP contribution in [0.3, 0.4) is 0 Å². The predicted octanol–water partition coefficient (Wildman–Crippen LogP) is 2.81. The Morgan fingerprint density at radius 2 is 2.00 bits per heavy atom. The predicted molar refractivity (Wildman–Crippen MR) is 68.1 cm³/mol. The van der Waals surface area contributed by atoms with Gasteiger partial charge in [-0.2, -0.15) is 0 Å². The van der Waals surface area contributed by atoms with Crippen molar-refractivity contribution in [2.45, 2.75) is 6.10 Å². The second-order valence-corrected chi connectivity index (χ2v) is 4.03. The molecule has 0 aliphatic carbocycles. The Hall–Kier alpha value is -1.58. The zero-order valence-electron chi connectivity index (χ0n) is 9.21. The van der Waals surface area contributed by atoms with Gasteiger partial charge in [0.2, 0.25) is 0 Å². The summed E-state index contributed by atoms with van der Waals surface area (Å²) >= 11 is 5.84. The summed E-state index contributed by atoms with van der Waals surface area (Å²) in [4.78, 5) is 3.97. The van der Waals surface area contributed by atoms with Gasteiger partial charge in [-0.3, -0.25) is 4.98 Å². The molecule has 1 aromatic heterocycles. The molecule has 0 spiro atoms. The van der Waals surface area contributed by atoms with E-state index in [0.29, 0.717) is 17.3 Å². The first-order chi connectivity index (χ1) is 8.29. The van der Waals surface area contributed by atoms with Crippen molar-refractivity contribution in [3.8, 4) is 5.75 Å². The van der Waals surface area contributed by atoms with Gasteiger partial charge >= 0.3 is 0 Å². The summed E-state index contributed by atoms with van der Waals surface area (Å²) in [7, 11) is 0. The molecule has 2 N–H and O–H groups in total. The molecule has 2 rings (SSSR count). The second-order valence-electron chi connectivity index (χ2n) is 3.59. The van der Waals surface area contributed by atoms with Gasteiger partial charge in [-0.25, -0.2) is 0 Å². The minimum atomic E-state index is -0.184. The van der Waals surface area contributed by atoms with Crippen LogP contribution in [0.2, 0.25) is 5.02 Å². The number of aromatic nitrogens is 1. The van der Waals surface area contributed by atoms with Crippen LogP contribution in [-0.4, -0.2) is 11.5 Å². The lowest BCUT2D eigenvalue weighted by molar-refractivity contribution is 0.213. The Kier molecular flexibility index (Phi) is 3.96. The topological polar surface area (TPSA) is 48.1 Å². The number of hydrogen-bond acceptors (Lipinski definition) is 3. The normalized spacial score (nSPS) is 12.1. The van der Waals surface area contributed by atoms with E-state index in [1.54, 1.807) is 18.5 Å². The van der Waals surface area contributed by atoms with Crippen molar-refractivity contribution in [3.05, 3.63) is 59.4 Å². The van der Waals surface area contributed by atoms with Crippen molar-refractivity contribution in [1.82, 2.24) is 4.98 Å². The first-order valence-corrected chi connectivity index (χ1v) is 5.69. The number of halogens is 1. The molecule has 1 aromatic carbocycles. The Morgan fingerprint density at radius 1 is 1.24 bits per heavy atom. The molecule has 0 aliphatic heterocycles. The Morgan fingerprint density at radius 3 is 2.65 bits per heavy atom. The molecule has 0 saturated carbocycles. The van der Waals surface area contributed by atoms with Crippen molar-refractivity contribution in [2.75, 3.05) is 6.54 Å². The van der Waals surface area contributed by atoms with Crippen LogP contribution in [0.5, 0.6) is 5.75 Å². The molecule has 17 heavy (non-hydrogen) atoms. The third kappa shape index (κ3) is 3.19. The minimum Gasteiger partial charge on any atom is -0.483 e. The molecule has 88 valence electrons. The minimum absolute atomic E-state index is 0.184. The van der Waals surface area contributed by atoms with E-state index in [4.69, 9.17) is 22.1 Å². The molecule has 0 radical (unpaired) electrons. The van der Waals surface area contributed by atoms with E-state index in [1.807, 2.05) is 30.3 Å². The van der Waals surface area contributed by atoms with E-state index in [1.165, 1.54) is 0 Å². The van der Waals surface area contributed by atoms with Crippen molar-refractivity contribution in [1.29, 1.82) is 0 Å². The number of benzene rings is 1. The number of pyridine rings is 1. The summed E-state index contributed by atoms with van der Waals surface area (Å²) in [5.74, 6) is 0.622. The van der Waals surface area contributed by atoms with Gasteiger partial charge in [0.25, 0.3) is 0 Å². The molecule has 1 atom stereocenters. The molecular formula is C13H13ClN2O. The number of nitrogens with zero attached hydrogens (tertiary/aromatic N) is 1. The van der Waals surface area contributed by atoms with E-state index < -0.39 is 0 Å². The Labute approximate surface area is 105 Å². The van der Waals surface area contributed by atoms with Crippen LogP contribution >= 0.6 is 11.6 Å². The average molecular weight is 249 g/mol. The highest BCUT2D eigenvalue weighted by Crippen LogP contribution is 2.22. The van der Waals surface area contributed by atoms with Crippen LogP contribution in [0, 0.1) is 0 Å². The summed E-state index contributed by atoms with van der Waals surface area (Å²) in [6.07, 6.45) is 3.00. The van der Waals surface area contributed by atoms with Crippen molar-refractivity contribution >= 4 is 11.6 Å². The molecular weight excluding hydrogens is 236 g/mol. The number of ether oxygens (including phenoxy) is 1. The third-order valence-electron chi connectivity index (χ3n) is 2.34. The molecule has 0 amide bonds. The highest BCUT2D eigenvalue weighted by Gasteiger charge is 2.11. The van der Waals surface area contributed by atoms with E-state index >= 15 is 0 Å². The standard InChI is InChI=1S/C13H13ClN2O/c14-11-6-12(9-16-8-11)17-13(7-15)10-4-2-1-3-5-10/h1-6,8-9,13H,7,15H2. The van der Waals surface area contributed by atoms with Crippen molar-refractivity contribution < 1.29 is 4.74 Å². The van der Waals surface area contributed by atoms with Crippen molar-refractivity contribution in [2.24, 2.45) is 5.73 Å². The fraction of sp³-hybridized carbons (Fsp3) is 0.154. The molecule has 1 unspecified atom stereocenters. The lowest BCUT2D eigenvalue weighted by Gasteiger charge is -2.17. The Balaban J connectivity index is 2.16. The molecule has 0 saturated heterocycles. The summed E-state index contributed by atoms with van der Waals surface area (Å²) in [6, 6.07) is 11.6. The van der Waals surface area contributed by atoms with Crippen LogP contribution in [0.1, 0.15) is 11.7 Å². The molecule has 3 nitrogen and oxygen atoms in total. The zero-order valence-corrected chi connectivity index (χ0v) is 9.97. The monoisotopic (exact) mass is 248 g/mol. The Bertz CT molecular complexity index is 476. The number of hydrogen-bond donors (Lipinski definition) is 1. The SMILES string of the molecule is NCC(Oc1cncc(Cl)c1)c1ccccc1. The summed E-state index contributed by atoms with van der Waals surface area (Å²) in [6.45, 7) is 0.399. The molecule has 1 heterocycles. The maximum absolute atomic E-state index is 5.84. The molecule has 0 bridgehead atoms. The highest BCUT2D eigenvalue weighted by atomic mass is 35.5. The summed E-state index contributed by atoms with van der Waals surface area (Å²) in [5, 5.41) is 0.548. The van der Waals surface area contributed by atoms with E-state index in [2.05, 4.69) is 4.98 Å². The number of nitrogens with two attached hydrogens (primary N) is 1. The number of rotatable bonds is 4. The molecule has 0 fully saturated rings. The molecule has 0 aliphatic rings. The van der Waals surface area contributed by atoms with Gasteiger partial charge in [-0.15, -0.1) is 0 Å². The fourth-order valence-corrected chi connectivity index (χ4v) is 1.70. The first-order valence-electron chi connectivity index (χ1n) is 5.32. The van der Waals surface area contributed by atoms with Gasteiger partial charge in [0.05, 0.1) is 11.2 Å². The largest absolute Gasteiger partial charge is 0.483 e. The fourth-order valence-electron chi connectivity index (χ4n) is 1.54. The van der Waals surface area contributed by atoms with Crippen LogP contribution in [-0.2, 0) is 0 Å². The quantitative estimate of drug-likeness (QED) is 0.905. The van der Waals surface area contributed by atoms with Gasteiger partial charge < -0.3 is 10.5 Å². The van der Waals surface area contributed by atoms with Crippen LogP contribution in [0.25, 0.3) is 0 Å². The highest BCUT2D eigenvalue weighted by molar-refractivity contribution is 6.30. The summed E-state index contributed by atoms with van der Waals surface area (Å²) in [5.41, 5.74) is 6.75. The average Bonchev–Trinajstić information content (AvgIpc) is 2.37. The van der Waals surface area contributed by atoms with E-state index in [0.717, 1.165) is 5.56 Å². The lowest BCUT2D eigenvalue weighted by atomic mass is 10.1. The molecule has 2 aromatic rings. The van der Waals surface area contributed by atoms with Gasteiger partial charge in [-0.1, -0.05) is 41.9 Å². The van der Waals surface area contributed by atoms with E-state index in [-0.39, 0.29) is 6.10 Å². The smallest absolute Gasteiger partial charge is 0.140 e. The maximum atomic E-state index is 5.84. The van der Waals surface area contributed by atoms with Crippen LogP contribution < -0.4 is 10.5 Å². The molecule has 4 heteroatoms. The van der Waals surface area contributed by atoms with Gasteiger partial charge in [-0.05, 0) is 5.56 Å². The third-order valence-corrected chi connectivity index (χ3v) is 2.55. The van der Waals surface area contributed by atoms with Crippen molar-refractivity contribution in [3.63, 3.8) is 0 Å². The van der Waals surface area contributed by atoms with Gasteiger partial charge in [0.15, 0.2) is 0 Å². The zero-order chi connectivity index (χ0) is 12.1. The van der Waals surface area contributed by atoms with Gasteiger partial charge in [0, 0.05) is 18.8 Å². The van der Waals surface area contributed by atoms with E-state index in [9.17, 15) is 0 Å². The lowest BCUT2D eigenvalue weighted by Crippen LogP contribution is -2.18. The second kappa shape index (κ2) is 5.66. The maximum Gasteiger partial charge on any atom is 0.140 e. The van der Waals surface area contributed by atoms with Crippen LogP contribution in [0.15, 0.2) is 48.8 Å². The van der Waals surface area contributed by atoms with Crippen LogP contribution in [0.4, 0.5) is 0 Å². The van der Waals surface area contributed by atoms with Gasteiger partial charge in [0.1, 0.15) is 11.9 Å². The summed E-state index contributed by atoms with van der Waals surface area (Å²) < 4.78 is 5.76. The first kappa shape index (κ1) is 11.9.